The number of H-pyrrole nitrogens is 1. The second-order valence-corrected chi connectivity index (χ2v) is 12.8. The summed E-state index contributed by atoms with van der Waals surface area (Å²) in [4.78, 5) is 59.1. The lowest BCUT2D eigenvalue weighted by Gasteiger charge is -2.49. The summed E-state index contributed by atoms with van der Waals surface area (Å²) < 4.78 is 6.75. The van der Waals surface area contributed by atoms with Crippen molar-refractivity contribution in [3.63, 3.8) is 0 Å². The van der Waals surface area contributed by atoms with Gasteiger partial charge in [0.15, 0.2) is 11.1 Å². The van der Waals surface area contributed by atoms with E-state index in [2.05, 4.69) is 32.1 Å². The number of aliphatic carboxylic acids is 1. The standard InChI is InChI=1S/C27H25N7O7S3/c1-2-40-18(35)12-41-32-19(15-7-8-28-31-15)23(36)29-20-25(37)34-21(27(38)39)14(13-43-26(20)34)11-33-9-3-5-16-22(33)30-24(44-16)17-6-4-10-42-17/h3-10,20,24,26H,2,11-13H2,1H3,(H3,28,29,31,32,36,38,39)/p+1/t20?,24?,26-/m1/s1. The number of pyridine rings is 1. The molecule has 44 heavy (non-hydrogen) atoms. The van der Waals surface area contributed by atoms with Gasteiger partial charge >= 0.3 is 11.9 Å². The number of carboxylic acids is 1. The summed E-state index contributed by atoms with van der Waals surface area (Å²) in [7, 11) is 0. The van der Waals surface area contributed by atoms with Crippen LogP contribution in [0.25, 0.3) is 0 Å². The first-order valence-corrected chi connectivity index (χ1v) is 16.2. The van der Waals surface area contributed by atoms with Crippen molar-refractivity contribution < 1.29 is 38.4 Å². The second kappa shape index (κ2) is 12.7. The number of rotatable bonds is 11. The Balaban J connectivity index is 1.18. The zero-order valence-corrected chi connectivity index (χ0v) is 25.5. The van der Waals surface area contributed by atoms with Crippen LogP contribution in [0.3, 0.4) is 0 Å². The van der Waals surface area contributed by atoms with Gasteiger partial charge in [-0.15, -0.1) is 23.1 Å². The number of anilines is 1. The number of carbonyl (C=O) groups excluding carboxylic acids is 3. The van der Waals surface area contributed by atoms with Gasteiger partial charge in [-0.3, -0.25) is 24.9 Å². The molecular weight excluding hydrogens is 631 g/mol. The summed E-state index contributed by atoms with van der Waals surface area (Å²) >= 11 is 4.72. The molecule has 14 nitrogen and oxygen atoms in total. The summed E-state index contributed by atoms with van der Waals surface area (Å²) in [6.45, 7) is 1.55. The van der Waals surface area contributed by atoms with Crippen LogP contribution in [0.1, 0.15) is 22.9 Å². The van der Waals surface area contributed by atoms with Crippen LogP contribution < -0.4 is 15.2 Å². The summed E-state index contributed by atoms with van der Waals surface area (Å²) in [6, 6.07) is 8.48. The van der Waals surface area contributed by atoms with Gasteiger partial charge in [0.2, 0.25) is 6.61 Å². The number of thioether (sulfide) groups is 2. The van der Waals surface area contributed by atoms with Gasteiger partial charge in [-0.2, -0.15) is 5.10 Å². The van der Waals surface area contributed by atoms with E-state index in [-0.39, 0.29) is 35.6 Å². The maximum Gasteiger partial charge on any atom is 0.352 e. The number of hydrogen-bond acceptors (Lipinski definition) is 12. The molecule has 4 N–H and O–H groups in total. The van der Waals surface area contributed by atoms with Crippen molar-refractivity contribution in [1.29, 1.82) is 0 Å². The van der Waals surface area contributed by atoms with E-state index in [9.17, 15) is 24.3 Å². The molecule has 1 fully saturated rings. The molecule has 0 bridgehead atoms. The van der Waals surface area contributed by atoms with Gasteiger partial charge in [0.05, 0.1) is 23.4 Å². The van der Waals surface area contributed by atoms with E-state index in [1.54, 1.807) is 30.0 Å². The molecule has 3 atom stereocenters. The first-order valence-electron chi connectivity index (χ1n) is 13.4. The van der Waals surface area contributed by atoms with Gasteiger partial charge in [0.1, 0.15) is 28.6 Å². The van der Waals surface area contributed by atoms with Crippen LogP contribution in [0.4, 0.5) is 5.82 Å². The molecule has 1 saturated heterocycles. The molecule has 228 valence electrons. The number of aromatic nitrogens is 3. The van der Waals surface area contributed by atoms with Crippen molar-refractivity contribution in [2.45, 2.75) is 35.2 Å². The third-order valence-electron chi connectivity index (χ3n) is 6.86. The minimum atomic E-state index is -1.22. The molecule has 6 heterocycles. The number of carbonyl (C=O) groups is 4. The van der Waals surface area contributed by atoms with Crippen LogP contribution in [0.15, 0.2) is 69.4 Å². The number of fused-ring (bicyclic) bond motifs is 2. The predicted molar refractivity (Wildman–Crippen MR) is 161 cm³/mol. The van der Waals surface area contributed by atoms with Crippen molar-refractivity contribution in [3.05, 3.63) is 69.9 Å². The van der Waals surface area contributed by atoms with Crippen LogP contribution in [-0.4, -0.2) is 80.1 Å². The van der Waals surface area contributed by atoms with E-state index < -0.39 is 41.8 Å². The number of amides is 2. The van der Waals surface area contributed by atoms with Gasteiger partial charge in [-0.25, -0.2) is 14.2 Å². The SMILES string of the molecule is CCOC(=O)CON=C(C(=O)NC1C(=O)N2C(C(=O)O)=C(C[n+]3cccc4c3NC(c3cccs3)S4)CS[C@H]12)c1ccn[nH]1. The monoisotopic (exact) mass is 656 g/mol. The van der Waals surface area contributed by atoms with Crippen molar-refractivity contribution in [2.24, 2.45) is 5.16 Å². The number of esters is 1. The number of nitrogens with zero attached hydrogens (tertiary/aromatic N) is 4. The zero-order valence-electron chi connectivity index (χ0n) is 23.1. The summed E-state index contributed by atoms with van der Waals surface area (Å²) in [5, 5.41) is 28.0. The van der Waals surface area contributed by atoms with Gasteiger partial charge in [-0.05, 0) is 36.6 Å². The third-order valence-corrected chi connectivity index (χ3v) is 10.5. The molecule has 3 aliphatic heterocycles. The summed E-state index contributed by atoms with van der Waals surface area (Å²) in [6.07, 6.45) is 3.28. The lowest BCUT2D eigenvalue weighted by atomic mass is 10.0. The highest BCUT2D eigenvalue weighted by Crippen LogP contribution is 2.46. The average Bonchev–Trinajstić information content (AvgIpc) is 3.80. The summed E-state index contributed by atoms with van der Waals surface area (Å²) in [5.74, 6) is -1.98. The largest absolute Gasteiger partial charge is 0.477 e. The van der Waals surface area contributed by atoms with Crippen LogP contribution in [-0.2, 0) is 35.3 Å². The lowest BCUT2D eigenvalue weighted by Crippen LogP contribution is -2.71. The zero-order chi connectivity index (χ0) is 30.8. The number of β-lactam (4-membered cyclic amide) rings is 1. The van der Waals surface area contributed by atoms with E-state index in [4.69, 9.17) is 9.57 Å². The van der Waals surface area contributed by atoms with Crippen molar-refractivity contribution in [2.75, 3.05) is 24.3 Å². The number of ether oxygens (including phenoxy) is 1. The maximum absolute atomic E-state index is 13.3. The number of hydrogen-bond donors (Lipinski definition) is 4. The molecule has 0 aliphatic carbocycles. The average molecular weight is 657 g/mol. The smallest absolute Gasteiger partial charge is 0.352 e. The highest BCUT2D eigenvalue weighted by atomic mass is 32.2. The van der Waals surface area contributed by atoms with Crippen molar-refractivity contribution in [3.8, 4) is 0 Å². The first-order chi connectivity index (χ1) is 21.4. The van der Waals surface area contributed by atoms with E-state index in [1.165, 1.54) is 33.8 Å². The Morgan fingerprint density at radius 2 is 2.14 bits per heavy atom. The first kappa shape index (κ1) is 29.7. The molecule has 0 aromatic carbocycles. The van der Waals surface area contributed by atoms with Crippen LogP contribution >= 0.6 is 34.9 Å². The van der Waals surface area contributed by atoms with Gasteiger partial charge < -0.3 is 20.0 Å². The molecule has 6 rings (SSSR count). The second-order valence-electron chi connectivity index (χ2n) is 9.61. The predicted octanol–water partition coefficient (Wildman–Crippen LogP) is 1.70. The van der Waals surface area contributed by atoms with Gasteiger partial charge in [0.25, 0.3) is 17.6 Å². The van der Waals surface area contributed by atoms with E-state index in [0.29, 0.717) is 11.3 Å². The molecular formula is C27H26N7O7S3+. The number of oxime groups is 1. The Hall–Kier alpha value is -4.35. The molecule has 17 heteroatoms. The molecule has 2 amide bonds. The van der Waals surface area contributed by atoms with Gasteiger partial charge in [-0.1, -0.05) is 23.0 Å². The fourth-order valence-corrected chi connectivity index (χ4v) is 8.30. The fourth-order valence-electron chi connectivity index (χ4n) is 4.93. The Kier molecular flexibility index (Phi) is 8.58. The van der Waals surface area contributed by atoms with E-state index >= 15 is 0 Å². The molecule has 3 aliphatic rings. The molecule has 2 unspecified atom stereocenters. The molecule has 0 radical (unpaired) electrons. The van der Waals surface area contributed by atoms with Crippen LogP contribution in [0, 0.1) is 0 Å². The topological polar surface area (TPSA) is 179 Å². The minimum absolute atomic E-state index is 0.0590. The Bertz CT molecular complexity index is 1660. The molecule has 0 spiro atoms. The fraction of sp³-hybridized carbons (Fsp3) is 0.296. The molecule has 3 aromatic heterocycles. The van der Waals surface area contributed by atoms with Gasteiger partial charge in [0, 0.05) is 17.5 Å². The Morgan fingerprint density at radius 1 is 1.27 bits per heavy atom. The highest BCUT2D eigenvalue weighted by Gasteiger charge is 2.54. The minimum Gasteiger partial charge on any atom is -0.477 e. The van der Waals surface area contributed by atoms with Crippen LogP contribution in [0.5, 0.6) is 0 Å². The quantitative estimate of drug-likeness (QED) is 0.0776. The Labute approximate surface area is 262 Å². The lowest BCUT2D eigenvalue weighted by molar-refractivity contribution is -0.676. The van der Waals surface area contributed by atoms with E-state index in [1.807, 2.05) is 34.3 Å². The number of thiophene rings is 1. The van der Waals surface area contributed by atoms with E-state index in [0.717, 1.165) is 10.7 Å². The van der Waals surface area contributed by atoms with Crippen molar-refractivity contribution >= 4 is 70.1 Å². The highest BCUT2D eigenvalue weighted by molar-refractivity contribution is 8.00. The maximum atomic E-state index is 13.3. The Morgan fingerprint density at radius 3 is 2.86 bits per heavy atom. The summed E-state index contributed by atoms with van der Waals surface area (Å²) in [5.41, 5.74) is 0.443. The number of nitrogens with one attached hydrogen (secondary N) is 3. The van der Waals surface area contributed by atoms with Crippen LogP contribution in [0.2, 0.25) is 0 Å². The third kappa shape index (κ3) is 5.77. The molecule has 3 aromatic rings. The normalized spacial score (nSPS) is 20.8. The van der Waals surface area contributed by atoms with Crippen molar-refractivity contribution in [1.82, 2.24) is 20.4 Å². The number of aromatic amines is 1. The molecule has 0 saturated carbocycles. The number of carboxylic acid groups (broad SMARTS) is 1.